The van der Waals surface area contributed by atoms with Gasteiger partial charge in [-0.25, -0.2) is 0 Å². The van der Waals surface area contributed by atoms with Crippen LogP contribution in [0.15, 0.2) is 68.4 Å². The number of amides is 3. The van der Waals surface area contributed by atoms with Crippen LogP contribution >= 0.6 is 27.7 Å². The van der Waals surface area contributed by atoms with Crippen molar-refractivity contribution in [2.45, 2.75) is 0 Å². The van der Waals surface area contributed by atoms with Crippen LogP contribution < -0.4 is 10.2 Å². The lowest BCUT2D eigenvalue weighted by molar-refractivity contribution is -0.113. The maximum absolute atomic E-state index is 12.8. The van der Waals surface area contributed by atoms with Gasteiger partial charge in [-0.3, -0.25) is 30.0 Å². The Hall–Kier alpha value is -3.43. The normalized spacial score (nSPS) is 16.9. The maximum Gasteiger partial charge on any atom is 0.271 e. The summed E-state index contributed by atoms with van der Waals surface area (Å²) in [4.78, 5) is 38.1. The summed E-state index contributed by atoms with van der Waals surface area (Å²) in [6.45, 7) is 0. The highest BCUT2D eigenvalue weighted by molar-refractivity contribution is 9.10. The fourth-order valence-electron chi connectivity index (χ4n) is 3.35. The van der Waals surface area contributed by atoms with Crippen molar-refractivity contribution in [3.05, 3.63) is 80.9 Å². The molecule has 9 heteroatoms. The molecule has 3 heterocycles. The Kier molecular flexibility index (Phi) is 4.64. The number of fused-ring (bicyclic) bond motifs is 1. The number of rotatable bonds is 3. The molecule has 0 saturated carbocycles. The Morgan fingerprint density at radius 3 is 2.48 bits per heavy atom. The van der Waals surface area contributed by atoms with Crippen LogP contribution in [-0.2, 0) is 4.79 Å². The standard InChI is InChI=1S/C22H12BrN3O4S/c23-12-2-4-13(5-3-12)26-21(29)18(31-22(26)24)10-14-6-8-17(30-14)11-1-7-15-16(9-11)20(28)25-19(15)27/h1-10,24H,(H,25,27,28)/b18-10+,24-22?. The Balaban J connectivity index is 1.42. The Morgan fingerprint density at radius 1 is 0.968 bits per heavy atom. The van der Waals surface area contributed by atoms with Gasteiger partial charge in [0, 0.05) is 16.1 Å². The van der Waals surface area contributed by atoms with Crippen molar-refractivity contribution >= 4 is 62.3 Å². The Bertz CT molecular complexity index is 1330. The zero-order valence-electron chi connectivity index (χ0n) is 15.6. The zero-order chi connectivity index (χ0) is 21.7. The third kappa shape index (κ3) is 3.41. The summed E-state index contributed by atoms with van der Waals surface area (Å²) in [5.41, 5.74) is 1.89. The smallest absolute Gasteiger partial charge is 0.271 e. The number of halogens is 1. The van der Waals surface area contributed by atoms with Gasteiger partial charge in [0.15, 0.2) is 5.17 Å². The second kappa shape index (κ2) is 7.36. The number of anilines is 1. The molecule has 152 valence electrons. The van der Waals surface area contributed by atoms with Gasteiger partial charge in [0.05, 0.1) is 21.7 Å². The monoisotopic (exact) mass is 493 g/mol. The van der Waals surface area contributed by atoms with Gasteiger partial charge >= 0.3 is 0 Å². The van der Waals surface area contributed by atoms with E-state index in [0.717, 1.165) is 16.2 Å². The van der Waals surface area contributed by atoms with E-state index in [9.17, 15) is 14.4 Å². The molecule has 2 aliphatic heterocycles. The number of furan rings is 1. The molecule has 1 fully saturated rings. The van der Waals surface area contributed by atoms with E-state index >= 15 is 0 Å². The molecule has 3 aromatic rings. The van der Waals surface area contributed by atoms with E-state index in [-0.39, 0.29) is 11.1 Å². The van der Waals surface area contributed by atoms with E-state index < -0.39 is 11.8 Å². The number of carbonyl (C=O) groups excluding carboxylic acids is 3. The summed E-state index contributed by atoms with van der Waals surface area (Å²) >= 11 is 4.42. The van der Waals surface area contributed by atoms with Crippen LogP contribution in [0.4, 0.5) is 5.69 Å². The molecule has 0 unspecified atom stereocenters. The molecule has 2 N–H and O–H groups in total. The van der Waals surface area contributed by atoms with Crippen LogP contribution in [0.25, 0.3) is 17.4 Å². The third-order valence-corrected chi connectivity index (χ3v) is 6.25. The summed E-state index contributed by atoms with van der Waals surface area (Å²) in [6.07, 6.45) is 1.59. The quantitative estimate of drug-likeness (QED) is 0.408. The van der Waals surface area contributed by atoms with E-state index in [1.807, 2.05) is 12.1 Å². The molecular formula is C22H12BrN3O4S. The predicted octanol–water partition coefficient (Wildman–Crippen LogP) is 4.65. The largest absolute Gasteiger partial charge is 0.457 e. The lowest BCUT2D eigenvalue weighted by Gasteiger charge is -2.14. The molecule has 0 atom stereocenters. The lowest BCUT2D eigenvalue weighted by atomic mass is 10.0. The summed E-state index contributed by atoms with van der Waals surface area (Å²) in [5, 5.41) is 10.6. The number of benzene rings is 2. The van der Waals surface area contributed by atoms with Gasteiger partial charge in [0.1, 0.15) is 11.5 Å². The lowest BCUT2D eigenvalue weighted by Crippen LogP contribution is -2.27. The molecule has 31 heavy (non-hydrogen) atoms. The number of nitrogens with one attached hydrogen (secondary N) is 2. The number of amidine groups is 1. The SMILES string of the molecule is N=C1S/C(=C/c2ccc(-c3ccc4c(c3)C(=O)NC4=O)o2)C(=O)N1c1ccc(Br)cc1. The zero-order valence-corrected chi connectivity index (χ0v) is 18.0. The van der Waals surface area contributed by atoms with Crippen molar-refractivity contribution in [3.8, 4) is 11.3 Å². The Labute approximate surface area is 188 Å². The van der Waals surface area contributed by atoms with Crippen LogP contribution in [0.2, 0.25) is 0 Å². The summed E-state index contributed by atoms with van der Waals surface area (Å²) in [7, 11) is 0. The fourth-order valence-corrected chi connectivity index (χ4v) is 4.45. The van der Waals surface area contributed by atoms with Crippen molar-refractivity contribution in [3.63, 3.8) is 0 Å². The summed E-state index contributed by atoms with van der Waals surface area (Å²) in [5.74, 6) is -0.210. The maximum atomic E-state index is 12.8. The van der Waals surface area contributed by atoms with E-state index in [4.69, 9.17) is 9.83 Å². The molecule has 0 aliphatic carbocycles. The number of imide groups is 1. The first-order valence-corrected chi connectivity index (χ1v) is 10.7. The predicted molar refractivity (Wildman–Crippen MR) is 121 cm³/mol. The van der Waals surface area contributed by atoms with Crippen molar-refractivity contribution in [2.75, 3.05) is 4.90 Å². The number of hydrogen-bond donors (Lipinski definition) is 2. The van der Waals surface area contributed by atoms with Crippen molar-refractivity contribution in [1.82, 2.24) is 5.32 Å². The van der Waals surface area contributed by atoms with Crippen LogP contribution in [0.3, 0.4) is 0 Å². The van der Waals surface area contributed by atoms with Crippen LogP contribution in [0, 0.1) is 5.41 Å². The van der Waals surface area contributed by atoms with E-state index in [0.29, 0.717) is 38.8 Å². The molecule has 5 rings (SSSR count). The second-order valence-electron chi connectivity index (χ2n) is 6.78. The van der Waals surface area contributed by atoms with Gasteiger partial charge < -0.3 is 4.42 Å². The van der Waals surface area contributed by atoms with Crippen molar-refractivity contribution < 1.29 is 18.8 Å². The molecule has 1 saturated heterocycles. The van der Waals surface area contributed by atoms with Crippen LogP contribution in [0.1, 0.15) is 26.5 Å². The van der Waals surface area contributed by atoms with Gasteiger partial charge in [-0.15, -0.1) is 0 Å². The minimum atomic E-state index is -0.435. The van der Waals surface area contributed by atoms with Crippen molar-refractivity contribution in [1.29, 1.82) is 5.41 Å². The number of nitrogens with zero attached hydrogens (tertiary/aromatic N) is 1. The molecule has 2 aliphatic rings. The van der Waals surface area contributed by atoms with Gasteiger partial charge in [-0.1, -0.05) is 22.0 Å². The number of carbonyl (C=O) groups is 3. The van der Waals surface area contributed by atoms with Gasteiger partial charge in [0.25, 0.3) is 17.7 Å². The molecule has 1 aromatic heterocycles. The Morgan fingerprint density at radius 2 is 1.71 bits per heavy atom. The fraction of sp³-hybridized carbons (Fsp3) is 0. The molecular weight excluding hydrogens is 482 g/mol. The van der Waals surface area contributed by atoms with Gasteiger partial charge in [-0.05, 0) is 60.3 Å². The van der Waals surface area contributed by atoms with Gasteiger partial charge in [-0.2, -0.15) is 0 Å². The van der Waals surface area contributed by atoms with E-state index in [1.54, 1.807) is 48.5 Å². The highest BCUT2D eigenvalue weighted by Crippen LogP contribution is 2.36. The topological polar surface area (TPSA) is 103 Å². The molecule has 2 aromatic carbocycles. The highest BCUT2D eigenvalue weighted by atomic mass is 79.9. The number of hydrogen-bond acceptors (Lipinski definition) is 6. The average Bonchev–Trinajstić information content (AvgIpc) is 3.41. The summed E-state index contributed by atoms with van der Waals surface area (Å²) < 4.78 is 6.72. The molecule has 3 amide bonds. The molecule has 0 spiro atoms. The van der Waals surface area contributed by atoms with Crippen LogP contribution in [0.5, 0.6) is 0 Å². The first-order chi connectivity index (χ1) is 14.9. The highest BCUT2D eigenvalue weighted by Gasteiger charge is 2.34. The molecule has 0 bridgehead atoms. The van der Waals surface area contributed by atoms with Gasteiger partial charge in [0.2, 0.25) is 0 Å². The number of thioether (sulfide) groups is 1. The van der Waals surface area contributed by atoms with Crippen LogP contribution in [-0.4, -0.2) is 22.9 Å². The van der Waals surface area contributed by atoms with E-state index in [1.165, 1.54) is 4.90 Å². The van der Waals surface area contributed by atoms with E-state index in [2.05, 4.69) is 21.2 Å². The molecule has 7 nitrogen and oxygen atoms in total. The summed E-state index contributed by atoms with van der Waals surface area (Å²) in [6, 6.07) is 15.5. The average molecular weight is 494 g/mol. The minimum Gasteiger partial charge on any atom is -0.457 e. The second-order valence-corrected chi connectivity index (χ2v) is 8.72. The minimum absolute atomic E-state index is 0.111. The first kappa shape index (κ1) is 19.5. The third-order valence-electron chi connectivity index (χ3n) is 4.83. The van der Waals surface area contributed by atoms with Crippen molar-refractivity contribution in [2.24, 2.45) is 0 Å². The molecule has 0 radical (unpaired) electrons. The first-order valence-electron chi connectivity index (χ1n) is 9.09.